The zero-order valence-electron chi connectivity index (χ0n) is 12.6. The van der Waals surface area contributed by atoms with Gasteiger partial charge in [0.05, 0.1) is 5.02 Å². The van der Waals surface area contributed by atoms with Gasteiger partial charge >= 0.3 is 0 Å². The molecule has 1 aromatic rings. The summed E-state index contributed by atoms with van der Waals surface area (Å²) >= 11 is 12.7. The molecule has 23 heavy (non-hydrogen) atoms. The van der Waals surface area contributed by atoms with E-state index in [4.69, 9.17) is 37.9 Å². The van der Waals surface area contributed by atoms with Crippen LogP contribution in [0.2, 0.25) is 10.0 Å². The maximum Gasteiger partial charge on any atom is 0.174 e. The lowest BCUT2D eigenvalue weighted by Gasteiger charge is -2.32. The van der Waals surface area contributed by atoms with E-state index in [0.717, 1.165) is 18.4 Å². The van der Waals surface area contributed by atoms with Crippen molar-refractivity contribution in [3.05, 3.63) is 27.8 Å². The van der Waals surface area contributed by atoms with E-state index in [0.29, 0.717) is 34.9 Å². The molecule has 0 N–H and O–H groups in total. The normalized spacial score (nSPS) is 21.8. The number of ether oxygens (including phenoxy) is 2. The molecule has 0 amide bonds. The molecule has 3 rings (SSSR count). The maximum absolute atomic E-state index is 11.9. The van der Waals surface area contributed by atoms with Crippen molar-refractivity contribution >= 4 is 34.6 Å². The third kappa shape index (κ3) is 2.58. The Balaban J connectivity index is 2.14. The van der Waals surface area contributed by atoms with Gasteiger partial charge in [-0.25, -0.2) is 0 Å². The van der Waals surface area contributed by atoms with Crippen LogP contribution in [0.4, 0.5) is 0 Å². The van der Waals surface area contributed by atoms with Crippen molar-refractivity contribution in [1.29, 1.82) is 5.26 Å². The molecular weight excluding hydrogens is 337 g/mol. The Morgan fingerprint density at radius 2 is 2.22 bits per heavy atom. The van der Waals surface area contributed by atoms with Gasteiger partial charge in [0.2, 0.25) is 0 Å². The lowest BCUT2D eigenvalue weighted by Crippen LogP contribution is -2.36. The molecule has 6 heteroatoms. The van der Waals surface area contributed by atoms with Crippen molar-refractivity contribution in [3.8, 4) is 17.6 Å². The highest BCUT2D eigenvalue weighted by molar-refractivity contribution is 6.44. The third-order valence-corrected chi connectivity index (χ3v) is 5.08. The Labute approximate surface area is 144 Å². The molecule has 0 aromatic heterocycles. The van der Waals surface area contributed by atoms with Crippen molar-refractivity contribution in [2.24, 2.45) is 0 Å². The molecule has 1 heterocycles. The first-order chi connectivity index (χ1) is 11.0. The number of nitrogens with zero attached hydrogens (tertiary/aromatic N) is 1. The average molecular weight is 352 g/mol. The van der Waals surface area contributed by atoms with Crippen LogP contribution >= 0.6 is 23.2 Å². The van der Waals surface area contributed by atoms with Crippen LogP contribution in [-0.4, -0.2) is 18.0 Å². The van der Waals surface area contributed by atoms with Gasteiger partial charge in [0, 0.05) is 23.6 Å². The molecule has 1 aromatic carbocycles. The summed E-state index contributed by atoms with van der Waals surface area (Å²) in [6, 6.07) is 3.55. The van der Waals surface area contributed by atoms with E-state index >= 15 is 0 Å². The minimum absolute atomic E-state index is 0.0696. The van der Waals surface area contributed by atoms with Gasteiger partial charge in [-0.15, -0.1) is 0 Å². The molecule has 4 nitrogen and oxygen atoms in total. The monoisotopic (exact) mass is 351 g/mol. The van der Waals surface area contributed by atoms with E-state index in [1.807, 2.05) is 6.07 Å². The van der Waals surface area contributed by atoms with Gasteiger partial charge in [-0.1, -0.05) is 36.5 Å². The number of carbonyl (C=O) groups is 1. The first kappa shape index (κ1) is 16.2. The Morgan fingerprint density at radius 1 is 1.43 bits per heavy atom. The predicted molar refractivity (Wildman–Crippen MR) is 88.1 cm³/mol. The molecule has 0 radical (unpaired) electrons. The number of carbonyl (C=O) groups excluding carboxylic acids is 1. The van der Waals surface area contributed by atoms with Crippen molar-refractivity contribution in [1.82, 2.24) is 0 Å². The molecule has 0 spiro atoms. The summed E-state index contributed by atoms with van der Waals surface area (Å²) in [7, 11) is 0. The number of benzene rings is 1. The number of hydrogen-bond donors (Lipinski definition) is 0. The molecule has 120 valence electrons. The fourth-order valence-corrected chi connectivity index (χ4v) is 3.77. The second kappa shape index (κ2) is 6.07. The van der Waals surface area contributed by atoms with Gasteiger partial charge in [0.1, 0.15) is 28.2 Å². The molecular formula is C17H15Cl2NO3. The summed E-state index contributed by atoms with van der Waals surface area (Å²) in [6.07, 6.45) is 4.43. The molecule has 1 aliphatic heterocycles. The zero-order chi connectivity index (χ0) is 16.6. The van der Waals surface area contributed by atoms with Crippen molar-refractivity contribution in [2.75, 3.05) is 6.61 Å². The summed E-state index contributed by atoms with van der Waals surface area (Å²) in [4.78, 5) is 11.9. The SMILES string of the molecule is CCCC12CCC(=O)C=C1c1c(cc(OCC#N)c(Cl)c1Cl)O2. The van der Waals surface area contributed by atoms with Crippen molar-refractivity contribution in [2.45, 2.75) is 38.2 Å². The summed E-state index contributed by atoms with van der Waals surface area (Å²) in [5.41, 5.74) is 0.957. The van der Waals surface area contributed by atoms with Crippen LogP contribution in [0.1, 0.15) is 38.2 Å². The molecule has 1 aliphatic carbocycles. The summed E-state index contributed by atoms with van der Waals surface area (Å²) < 4.78 is 11.5. The van der Waals surface area contributed by atoms with Gasteiger partial charge < -0.3 is 9.47 Å². The Kier molecular flexibility index (Phi) is 4.27. The van der Waals surface area contributed by atoms with E-state index in [1.54, 1.807) is 12.1 Å². The van der Waals surface area contributed by atoms with Gasteiger partial charge in [-0.3, -0.25) is 4.79 Å². The molecule has 1 atom stereocenters. The number of allylic oxidation sites excluding steroid dienone is 1. The first-order valence-electron chi connectivity index (χ1n) is 7.48. The van der Waals surface area contributed by atoms with Crippen LogP contribution in [0.5, 0.6) is 11.5 Å². The number of rotatable bonds is 4. The molecule has 0 saturated heterocycles. The number of halogens is 2. The second-order valence-corrected chi connectivity index (χ2v) is 6.45. The number of ketones is 1. The highest BCUT2D eigenvalue weighted by Crippen LogP contribution is 2.56. The first-order valence-corrected chi connectivity index (χ1v) is 8.24. The fourth-order valence-electron chi connectivity index (χ4n) is 3.28. The predicted octanol–water partition coefficient (Wildman–Crippen LogP) is 4.57. The van der Waals surface area contributed by atoms with Crippen molar-refractivity contribution < 1.29 is 14.3 Å². The topological polar surface area (TPSA) is 59.3 Å². The standard InChI is InChI=1S/C17H15Cl2NO3/c1-2-4-17-5-3-10(21)8-11(17)14-12(23-17)9-13(22-7-6-20)15(18)16(14)19/h8-9H,2-5,7H2,1H3. The average Bonchev–Trinajstić information content (AvgIpc) is 2.83. The van der Waals surface area contributed by atoms with E-state index in [2.05, 4.69) is 6.92 Å². The third-order valence-electron chi connectivity index (χ3n) is 4.23. The van der Waals surface area contributed by atoms with E-state index in [-0.39, 0.29) is 17.4 Å². The molecule has 0 saturated carbocycles. The van der Waals surface area contributed by atoms with Crippen LogP contribution < -0.4 is 9.47 Å². The lowest BCUT2D eigenvalue weighted by molar-refractivity contribution is -0.115. The van der Waals surface area contributed by atoms with Crippen LogP contribution in [0.3, 0.4) is 0 Å². The Bertz CT molecular complexity index is 751. The fraction of sp³-hybridized carbons (Fsp3) is 0.412. The van der Waals surface area contributed by atoms with Crippen LogP contribution in [0.15, 0.2) is 12.1 Å². The smallest absolute Gasteiger partial charge is 0.174 e. The highest BCUT2D eigenvalue weighted by Gasteiger charge is 2.47. The minimum Gasteiger partial charge on any atom is -0.482 e. The highest BCUT2D eigenvalue weighted by atomic mass is 35.5. The van der Waals surface area contributed by atoms with Gasteiger partial charge in [0.25, 0.3) is 0 Å². The summed E-state index contributed by atoms with van der Waals surface area (Å²) in [6.45, 7) is 1.95. The summed E-state index contributed by atoms with van der Waals surface area (Å²) in [5, 5.41) is 9.19. The number of fused-ring (bicyclic) bond motifs is 3. The van der Waals surface area contributed by atoms with E-state index in [9.17, 15) is 4.79 Å². The quantitative estimate of drug-likeness (QED) is 0.796. The summed E-state index contributed by atoms with van der Waals surface area (Å²) in [5.74, 6) is 0.941. The van der Waals surface area contributed by atoms with Crippen LogP contribution in [0, 0.1) is 11.3 Å². The minimum atomic E-state index is -0.522. The molecule has 0 bridgehead atoms. The largest absolute Gasteiger partial charge is 0.482 e. The Hall–Kier alpha value is -1.70. The van der Waals surface area contributed by atoms with Gasteiger partial charge in [-0.2, -0.15) is 5.26 Å². The lowest BCUT2D eigenvalue weighted by atomic mass is 9.78. The van der Waals surface area contributed by atoms with E-state index < -0.39 is 5.60 Å². The van der Waals surface area contributed by atoms with Gasteiger partial charge in [0.15, 0.2) is 12.4 Å². The zero-order valence-corrected chi connectivity index (χ0v) is 14.1. The second-order valence-electron chi connectivity index (χ2n) is 5.69. The van der Waals surface area contributed by atoms with Crippen LogP contribution in [0.25, 0.3) is 5.57 Å². The van der Waals surface area contributed by atoms with Crippen molar-refractivity contribution in [3.63, 3.8) is 0 Å². The number of nitriles is 1. The molecule has 0 fully saturated rings. The van der Waals surface area contributed by atoms with Crippen LogP contribution in [-0.2, 0) is 4.79 Å². The molecule has 1 unspecified atom stereocenters. The maximum atomic E-state index is 11.9. The molecule has 2 aliphatic rings. The van der Waals surface area contributed by atoms with E-state index in [1.165, 1.54) is 0 Å². The van der Waals surface area contributed by atoms with Gasteiger partial charge in [-0.05, 0) is 18.9 Å². The number of hydrogen-bond acceptors (Lipinski definition) is 4. The Morgan fingerprint density at radius 3 is 2.91 bits per heavy atom.